The fourth-order valence-corrected chi connectivity index (χ4v) is 1.59. The molecule has 2 heteroatoms. The monoisotopic (exact) mass is 207 g/mol. The molecule has 84 valence electrons. The minimum absolute atomic E-state index is 0.525. The van der Waals surface area contributed by atoms with Crippen molar-refractivity contribution < 1.29 is 4.74 Å². The van der Waals surface area contributed by atoms with Crippen LogP contribution in [0.2, 0.25) is 0 Å². The van der Waals surface area contributed by atoms with Gasteiger partial charge in [-0.15, -0.1) is 0 Å². The van der Waals surface area contributed by atoms with E-state index in [-0.39, 0.29) is 0 Å². The Bertz CT molecular complexity index is 260. The third-order valence-corrected chi connectivity index (χ3v) is 2.59. The van der Waals surface area contributed by atoms with E-state index in [4.69, 9.17) is 4.74 Å². The van der Waals surface area contributed by atoms with Gasteiger partial charge in [-0.2, -0.15) is 0 Å². The summed E-state index contributed by atoms with van der Waals surface area (Å²) in [4.78, 5) is 0. The zero-order valence-electron chi connectivity index (χ0n) is 9.75. The normalized spacial score (nSPS) is 22.9. The summed E-state index contributed by atoms with van der Waals surface area (Å²) in [6, 6.07) is 0.525. The molecule has 1 fully saturated rings. The van der Waals surface area contributed by atoms with Gasteiger partial charge in [0.15, 0.2) is 0 Å². The maximum absolute atomic E-state index is 5.72. The molecule has 0 aromatic carbocycles. The van der Waals surface area contributed by atoms with E-state index < -0.39 is 0 Å². The van der Waals surface area contributed by atoms with Crippen molar-refractivity contribution in [2.45, 2.75) is 32.7 Å². The molecule has 0 radical (unpaired) electrons. The average molecular weight is 207 g/mol. The second-order valence-corrected chi connectivity index (χ2v) is 3.89. The van der Waals surface area contributed by atoms with Crippen LogP contribution in [-0.2, 0) is 4.74 Å². The van der Waals surface area contributed by atoms with Gasteiger partial charge in [-0.3, -0.25) is 0 Å². The molecular weight excluding hydrogens is 186 g/mol. The lowest BCUT2D eigenvalue weighted by atomic mass is 10.2. The van der Waals surface area contributed by atoms with Crippen LogP contribution in [0.1, 0.15) is 26.7 Å². The van der Waals surface area contributed by atoms with Crippen LogP contribution in [0.25, 0.3) is 0 Å². The lowest BCUT2D eigenvalue weighted by Crippen LogP contribution is -2.26. The van der Waals surface area contributed by atoms with E-state index in [1.54, 1.807) is 0 Å². The van der Waals surface area contributed by atoms with Crippen molar-refractivity contribution in [3.05, 3.63) is 36.1 Å². The van der Waals surface area contributed by atoms with E-state index in [0.717, 1.165) is 24.5 Å². The Hall–Kier alpha value is -1.02. The zero-order valence-corrected chi connectivity index (χ0v) is 9.75. The van der Waals surface area contributed by atoms with Gasteiger partial charge in [0, 0.05) is 6.04 Å². The number of allylic oxidation sites excluding steroid dienone is 4. The second-order valence-electron chi connectivity index (χ2n) is 3.89. The maximum Gasteiger partial charge on any atom is 0.115 e. The molecule has 0 bridgehead atoms. The van der Waals surface area contributed by atoms with Crippen LogP contribution in [0.4, 0.5) is 0 Å². The molecule has 0 spiro atoms. The second kappa shape index (κ2) is 6.46. The summed E-state index contributed by atoms with van der Waals surface area (Å²) in [5, 5.41) is 3.41. The quantitative estimate of drug-likeness (QED) is 0.553. The predicted molar refractivity (Wildman–Crippen MR) is 64.7 cm³/mol. The molecular formula is C13H21NO. The molecule has 0 unspecified atom stereocenters. The van der Waals surface area contributed by atoms with E-state index in [1.165, 1.54) is 12.8 Å². The molecule has 0 aliphatic carbocycles. The van der Waals surface area contributed by atoms with Crippen molar-refractivity contribution in [1.82, 2.24) is 5.32 Å². The Morgan fingerprint density at radius 3 is 2.93 bits per heavy atom. The third-order valence-electron chi connectivity index (χ3n) is 2.59. The number of hydrogen-bond acceptors (Lipinski definition) is 2. The van der Waals surface area contributed by atoms with Gasteiger partial charge in [0.1, 0.15) is 12.4 Å². The zero-order chi connectivity index (χ0) is 11.1. The summed E-state index contributed by atoms with van der Waals surface area (Å²) in [5.41, 5.74) is 1.13. The first-order valence-electron chi connectivity index (χ1n) is 5.59. The summed E-state index contributed by atoms with van der Waals surface area (Å²) < 4.78 is 5.72. The van der Waals surface area contributed by atoms with Gasteiger partial charge in [-0.1, -0.05) is 12.7 Å². The van der Waals surface area contributed by atoms with Crippen LogP contribution in [0.5, 0.6) is 0 Å². The largest absolute Gasteiger partial charge is 0.492 e. The highest BCUT2D eigenvalue weighted by Gasteiger charge is 2.14. The molecule has 0 aromatic rings. The maximum atomic E-state index is 5.72. The molecule has 0 saturated carbocycles. The highest BCUT2D eigenvalue weighted by Crippen LogP contribution is 2.10. The van der Waals surface area contributed by atoms with Crippen molar-refractivity contribution in [3.63, 3.8) is 0 Å². The van der Waals surface area contributed by atoms with E-state index >= 15 is 0 Å². The summed E-state index contributed by atoms with van der Waals surface area (Å²) in [6.07, 6.45) is 8.33. The fraction of sp³-hybridized carbons (Fsp3) is 0.538. The van der Waals surface area contributed by atoms with Gasteiger partial charge in [-0.25, -0.2) is 0 Å². The standard InChI is InChI=1S/C13H21NO/c1-4-11(3)9-13(5-2)15-10-12-7-6-8-14-12/h4-5,9,12,14H,1,6-8,10H2,2-3H3/b11-9-,13-5+/t12-/m1/s1. The molecule has 0 amide bonds. The number of rotatable bonds is 5. The first kappa shape index (κ1) is 12.1. The van der Waals surface area contributed by atoms with Crippen LogP contribution in [0, 0.1) is 0 Å². The summed E-state index contributed by atoms with van der Waals surface area (Å²) in [7, 11) is 0. The minimum Gasteiger partial charge on any atom is -0.492 e. The van der Waals surface area contributed by atoms with E-state index in [0.29, 0.717) is 6.04 Å². The molecule has 15 heavy (non-hydrogen) atoms. The molecule has 0 aromatic heterocycles. The molecule has 1 N–H and O–H groups in total. The van der Waals surface area contributed by atoms with Crippen LogP contribution in [-0.4, -0.2) is 19.2 Å². The Labute approximate surface area is 92.7 Å². The fourth-order valence-electron chi connectivity index (χ4n) is 1.59. The Balaban J connectivity index is 2.37. The Morgan fingerprint density at radius 2 is 2.40 bits per heavy atom. The Kier molecular flexibility index (Phi) is 5.19. The van der Waals surface area contributed by atoms with Gasteiger partial charge in [0.25, 0.3) is 0 Å². The van der Waals surface area contributed by atoms with Crippen molar-refractivity contribution in [3.8, 4) is 0 Å². The molecule has 1 aliphatic heterocycles. The van der Waals surface area contributed by atoms with Gasteiger partial charge in [-0.05, 0) is 51.0 Å². The van der Waals surface area contributed by atoms with Crippen LogP contribution >= 0.6 is 0 Å². The topological polar surface area (TPSA) is 21.3 Å². The predicted octanol–water partition coefficient (Wildman–Crippen LogP) is 2.79. The molecule has 1 rings (SSSR count). The molecule has 1 saturated heterocycles. The summed E-state index contributed by atoms with van der Waals surface area (Å²) in [5.74, 6) is 0.932. The number of ether oxygens (including phenoxy) is 1. The van der Waals surface area contributed by atoms with Crippen molar-refractivity contribution >= 4 is 0 Å². The van der Waals surface area contributed by atoms with Crippen molar-refractivity contribution in [2.24, 2.45) is 0 Å². The van der Waals surface area contributed by atoms with Crippen LogP contribution in [0.3, 0.4) is 0 Å². The molecule has 1 aliphatic rings. The molecule has 1 heterocycles. The van der Waals surface area contributed by atoms with Crippen LogP contribution in [0.15, 0.2) is 36.1 Å². The van der Waals surface area contributed by atoms with Crippen molar-refractivity contribution in [2.75, 3.05) is 13.2 Å². The summed E-state index contributed by atoms with van der Waals surface area (Å²) in [6.45, 7) is 9.62. The molecule has 2 nitrogen and oxygen atoms in total. The van der Waals surface area contributed by atoms with E-state index in [2.05, 4.69) is 11.9 Å². The van der Waals surface area contributed by atoms with E-state index in [1.807, 2.05) is 32.1 Å². The first-order valence-corrected chi connectivity index (χ1v) is 5.59. The number of nitrogens with one attached hydrogen (secondary N) is 1. The smallest absolute Gasteiger partial charge is 0.115 e. The third kappa shape index (κ3) is 4.34. The van der Waals surface area contributed by atoms with Gasteiger partial charge >= 0.3 is 0 Å². The van der Waals surface area contributed by atoms with Crippen LogP contribution < -0.4 is 5.32 Å². The highest BCUT2D eigenvalue weighted by atomic mass is 16.5. The van der Waals surface area contributed by atoms with E-state index in [9.17, 15) is 0 Å². The SMILES string of the molecule is C=C/C(C)=C\C(=C/C)OC[C@H]1CCCN1. The lowest BCUT2D eigenvalue weighted by molar-refractivity contribution is 0.196. The average Bonchev–Trinajstić information content (AvgIpc) is 2.76. The first-order chi connectivity index (χ1) is 7.26. The van der Waals surface area contributed by atoms with Crippen molar-refractivity contribution in [1.29, 1.82) is 0 Å². The number of hydrogen-bond donors (Lipinski definition) is 1. The Morgan fingerprint density at radius 1 is 1.60 bits per heavy atom. The minimum atomic E-state index is 0.525. The highest BCUT2D eigenvalue weighted by molar-refractivity contribution is 5.23. The molecule has 1 atom stereocenters. The lowest BCUT2D eigenvalue weighted by Gasteiger charge is -2.12. The van der Waals surface area contributed by atoms with Gasteiger partial charge in [0.05, 0.1) is 0 Å². The summed E-state index contributed by atoms with van der Waals surface area (Å²) >= 11 is 0. The van der Waals surface area contributed by atoms with Gasteiger partial charge < -0.3 is 10.1 Å². The van der Waals surface area contributed by atoms with Gasteiger partial charge in [0.2, 0.25) is 0 Å².